The molecule has 2 aromatic heterocycles. The summed E-state index contributed by atoms with van der Waals surface area (Å²) in [6.45, 7) is 2.01. The molecule has 0 fully saturated rings. The molecule has 0 aliphatic carbocycles. The highest BCUT2D eigenvalue weighted by molar-refractivity contribution is 6.33. The Kier molecular flexibility index (Phi) is 2.87. The van der Waals surface area contributed by atoms with Crippen LogP contribution >= 0.6 is 11.6 Å². The van der Waals surface area contributed by atoms with Crippen molar-refractivity contribution in [2.45, 2.75) is 6.92 Å². The Morgan fingerprint density at radius 1 is 1.35 bits per heavy atom. The number of anilines is 1. The Balaban J connectivity index is 2.39. The predicted octanol–water partition coefficient (Wildman–Crippen LogP) is 3.39. The number of nitrogens with zero attached hydrogens (tertiary/aromatic N) is 2. The highest BCUT2D eigenvalue weighted by Crippen LogP contribution is 2.39. The summed E-state index contributed by atoms with van der Waals surface area (Å²) < 4.78 is 12.6. The monoisotopic (exact) mass is 291 g/mol. The second-order valence-electron chi connectivity index (χ2n) is 4.64. The number of ether oxygens (including phenoxy) is 1. The zero-order valence-electron chi connectivity index (χ0n) is 11.4. The molecule has 0 amide bonds. The maximum atomic E-state index is 6.19. The number of aromatic nitrogens is 2. The largest absolute Gasteiger partial charge is 0.495 e. The van der Waals surface area contributed by atoms with E-state index in [1.165, 1.54) is 0 Å². The van der Waals surface area contributed by atoms with Crippen molar-refractivity contribution in [2.24, 2.45) is 7.05 Å². The number of aryl methyl sites for hydroxylation is 1. The number of nitrogen functional groups attached to an aromatic ring is 1. The first-order valence-corrected chi connectivity index (χ1v) is 6.45. The first-order valence-electron chi connectivity index (χ1n) is 6.08. The van der Waals surface area contributed by atoms with E-state index < -0.39 is 0 Å². The number of rotatable bonds is 2. The summed E-state index contributed by atoms with van der Waals surface area (Å²) in [4.78, 5) is 0. The lowest BCUT2D eigenvalue weighted by Crippen LogP contribution is -1.90. The molecule has 5 nitrogen and oxygen atoms in total. The first kappa shape index (κ1) is 12.9. The van der Waals surface area contributed by atoms with Crippen molar-refractivity contribution in [3.63, 3.8) is 0 Å². The minimum absolute atomic E-state index is 0.359. The number of hydrogen-bond acceptors (Lipinski definition) is 4. The fourth-order valence-electron chi connectivity index (χ4n) is 2.44. The Bertz CT molecular complexity index is 804. The number of benzene rings is 1. The van der Waals surface area contributed by atoms with E-state index in [-0.39, 0.29) is 0 Å². The van der Waals surface area contributed by atoms with Crippen LogP contribution in [0.25, 0.3) is 22.2 Å². The SMILES string of the molecule is COc1cc2c(-c3cc(N)no3)c(C)n(C)c2cc1Cl. The summed E-state index contributed by atoms with van der Waals surface area (Å²) in [6, 6.07) is 5.49. The molecule has 0 saturated heterocycles. The number of halogens is 1. The molecule has 2 heterocycles. The summed E-state index contributed by atoms with van der Waals surface area (Å²) in [6.07, 6.45) is 0. The molecule has 0 radical (unpaired) electrons. The average Bonchev–Trinajstić information content (AvgIpc) is 2.93. The van der Waals surface area contributed by atoms with Gasteiger partial charge in [0.1, 0.15) is 5.75 Å². The average molecular weight is 292 g/mol. The molecule has 20 heavy (non-hydrogen) atoms. The molecule has 0 aliphatic heterocycles. The molecule has 0 saturated carbocycles. The topological polar surface area (TPSA) is 66.2 Å². The fraction of sp³-hybridized carbons (Fsp3) is 0.214. The molecular formula is C14H14ClN3O2. The zero-order chi connectivity index (χ0) is 14.4. The van der Waals surface area contributed by atoms with Gasteiger partial charge in [-0.25, -0.2) is 0 Å². The normalized spacial score (nSPS) is 11.2. The minimum Gasteiger partial charge on any atom is -0.495 e. The van der Waals surface area contributed by atoms with Crippen LogP contribution in [0.4, 0.5) is 5.82 Å². The summed E-state index contributed by atoms with van der Waals surface area (Å²) in [5.41, 5.74) is 8.63. The van der Waals surface area contributed by atoms with Crippen molar-refractivity contribution in [2.75, 3.05) is 12.8 Å². The molecular weight excluding hydrogens is 278 g/mol. The Morgan fingerprint density at radius 2 is 2.10 bits per heavy atom. The van der Waals surface area contributed by atoms with E-state index >= 15 is 0 Å². The van der Waals surface area contributed by atoms with Gasteiger partial charge in [0.05, 0.1) is 17.6 Å². The van der Waals surface area contributed by atoms with E-state index in [2.05, 4.69) is 9.72 Å². The molecule has 104 valence electrons. The molecule has 0 atom stereocenters. The van der Waals surface area contributed by atoms with Gasteiger partial charge < -0.3 is 19.6 Å². The van der Waals surface area contributed by atoms with E-state index in [0.717, 1.165) is 22.2 Å². The third-order valence-corrected chi connectivity index (χ3v) is 3.84. The van der Waals surface area contributed by atoms with Gasteiger partial charge >= 0.3 is 0 Å². The maximum Gasteiger partial charge on any atom is 0.171 e. The van der Waals surface area contributed by atoms with E-state index in [4.69, 9.17) is 26.6 Å². The van der Waals surface area contributed by atoms with Crippen LogP contribution in [0.2, 0.25) is 5.02 Å². The highest BCUT2D eigenvalue weighted by Gasteiger charge is 2.19. The van der Waals surface area contributed by atoms with Gasteiger partial charge in [0.25, 0.3) is 0 Å². The van der Waals surface area contributed by atoms with Crippen molar-refractivity contribution in [3.05, 3.63) is 28.9 Å². The number of hydrogen-bond donors (Lipinski definition) is 1. The van der Waals surface area contributed by atoms with Crippen molar-refractivity contribution in [1.29, 1.82) is 0 Å². The third kappa shape index (κ3) is 1.74. The number of nitrogens with two attached hydrogens (primary N) is 1. The number of fused-ring (bicyclic) bond motifs is 1. The lowest BCUT2D eigenvalue weighted by Gasteiger charge is -2.04. The molecule has 1 aromatic carbocycles. The molecule has 3 rings (SSSR count). The van der Waals surface area contributed by atoms with E-state index in [9.17, 15) is 0 Å². The second kappa shape index (κ2) is 4.45. The van der Waals surface area contributed by atoms with Crippen molar-refractivity contribution < 1.29 is 9.26 Å². The summed E-state index contributed by atoms with van der Waals surface area (Å²) in [5, 5.41) is 5.31. The molecule has 6 heteroatoms. The molecule has 0 aliphatic rings. The zero-order valence-corrected chi connectivity index (χ0v) is 12.2. The Hall–Kier alpha value is -2.14. The quantitative estimate of drug-likeness (QED) is 0.786. The van der Waals surface area contributed by atoms with Gasteiger partial charge in [-0.15, -0.1) is 0 Å². The molecule has 3 aromatic rings. The molecule has 0 spiro atoms. The van der Waals surface area contributed by atoms with Crippen LogP contribution in [0.15, 0.2) is 22.7 Å². The third-order valence-electron chi connectivity index (χ3n) is 3.54. The fourth-order valence-corrected chi connectivity index (χ4v) is 2.67. The highest BCUT2D eigenvalue weighted by atomic mass is 35.5. The maximum absolute atomic E-state index is 6.19. The van der Waals surface area contributed by atoms with Crippen LogP contribution in [0, 0.1) is 6.92 Å². The lowest BCUT2D eigenvalue weighted by atomic mass is 10.1. The van der Waals surface area contributed by atoms with Gasteiger partial charge in [-0.05, 0) is 19.1 Å². The summed E-state index contributed by atoms with van der Waals surface area (Å²) >= 11 is 6.19. The van der Waals surface area contributed by atoms with E-state index in [1.54, 1.807) is 13.2 Å². The Labute approximate surface area is 120 Å². The van der Waals surface area contributed by atoms with Gasteiger partial charge in [0.15, 0.2) is 11.6 Å². The number of methoxy groups -OCH3 is 1. The summed E-state index contributed by atoms with van der Waals surface area (Å²) in [5.74, 6) is 1.62. The van der Waals surface area contributed by atoms with Gasteiger partial charge in [0, 0.05) is 29.8 Å². The van der Waals surface area contributed by atoms with Crippen molar-refractivity contribution >= 4 is 28.3 Å². The van der Waals surface area contributed by atoms with Crippen LogP contribution in [-0.2, 0) is 7.05 Å². The van der Waals surface area contributed by atoms with E-state index in [1.807, 2.05) is 26.1 Å². The summed E-state index contributed by atoms with van der Waals surface area (Å²) in [7, 11) is 3.57. The molecule has 0 unspecified atom stereocenters. The van der Waals surface area contributed by atoms with Gasteiger partial charge in [-0.2, -0.15) is 0 Å². The van der Waals surface area contributed by atoms with Crippen molar-refractivity contribution in [3.8, 4) is 17.1 Å². The predicted molar refractivity (Wildman–Crippen MR) is 79.1 cm³/mol. The second-order valence-corrected chi connectivity index (χ2v) is 5.05. The van der Waals surface area contributed by atoms with Crippen LogP contribution in [0.3, 0.4) is 0 Å². The van der Waals surface area contributed by atoms with E-state index in [0.29, 0.717) is 22.4 Å². The molecule has 0 bridgehead atoms. The smallest absolute Gasteiger partial charge is 0.171 e. The van der Waals surface area contributed by atoms with Crippen molar-refractivity contribution in [1.82, 2.24) is 9.72 Å². The van der Waals surface area contributed by atoms with Crippen LogP contribution in [-0.4, -0.2) is 16.8 Å². The van der Waals surface area contributed by atoms with Gasteiger partial charge in [-0.3, -0.25) is 0 Å². The standard InChI is InChI=1S/C14H14ClN3O2/c1-7-14(12-6-13(16)17-20-12)8-4-11(19-3)9(15)5-10(8)18(7)2/h4-6H,1-3H3,(H2,16,17). The van der Waals surface area contributed by atoms with Crippen LogP contribution in [0.1, 0.15) is 5.69 Å². The van der Waals surface area contributed by atoms with Gasteiger partial charge in [0.2, 0.25) is 0 Å². The lowest BCUT2D eigenvalue weighted by molar-refractivity contribution is 0.415. The van der Waals surface area contributed by atoms with Gasteiger partial charge in [-0.1, -0.05) is 16.8 Å². The minimum atomic E-state index is 0.359. The Morgan fingerprint density at radius 3 is 2.70 bits per heavy atom. The van der Waals surface area contributed by atoms with Crippen LogP contribution in [0.5, 0.6) is 5.75 Å². The van der Waals surface area contributed by atoms with Crippen LogP contribution < -0.4 is 10.5 Å². The first-order chi connectivity index (χ1) is 9.52. The molecule has 2 N–H and O–H groups in total.